The quantitative estimate of drug-likeness (QED) is 0.732. The summed E-state index contributed by atoms with van der Waals surface area (Å²) in [5, 5.41) is 3.34. The third kappa shape index (κ3) is 4.30. The van der Waals surface area contributed by atoms with E-state index in [4.69, 9.17) is 9.47 Å². The Bertz CT molecular complexity index is 1000. The first-order valence-corrected chi connectivity index (χ1v) is 9.84. The first-order chi connectivity index (χ1) is 14.3. The second kappa shape index (κ2) is 8.99. The second-order valence-electron chi connectivity index (χ2n) is 7.59. The number of esters is 2. The van der Waals surface area contributed by atoms with Crippen LogP contribution < -0.4 is 5.32 Å². The summed E-state index contributed by atoms with van der Waals surface area (Å²) in [6, 6.07) is 15.7. The number of hydrogen-bond acceptors (Lipinski definition) is 5. The Morgan fingerprint density at radius 2 is 1.40 bits per heavy atom. The van der Waals surface area contributed by atoms with Gasteiger partial charge in [0, 0.05) is 17.3 Å². The Labute approximate surface area is 177 Å². The van der Waals surface area contributed by atoms with Gasteiger partial charge in [-0.2, -0.15) is 0 Å². The average molecular weight is 405 g/mol. The van der Waals surface area contributed by atoms with Gasteiger partial charge in [-0.15, -0.1) is 0 Å². The predicted octanol–water partition coefficient (Wildman–Crippen LogP) is 4.68. The van der Waals surface area contributed by atoms with Crippen LogP contribution in [0.3, 0.4) is 0 Å². The molecule has 0 radical (unpaired) electrons. The van der Waals surface area contributed by atoms with E-state index in [1.807, 2.05) is 75.4 Å². The van der Waals surface area contributed by atoms with Crippen molar-refractivity contribution in [2.24, 2.45) is 5.92 Å². The number of nitrogens with one attached hydrogen (secondary N) is 1. The van der Waals surface area contributed by atoms with Crippen LogP contribution >= 0.6 is 0 Å². The minimum atomic E-state index is -0.615. The smallest absolute Gasteiger partial charge is 0.336 e. The Kier molecular flexibility index (Phi) is 6.40. The highest BCUT2D eigenvalue weighted by molar-refractivity contribution is 5.95. The summed E-state index contributed by atoms with van der Waals surface area (Å²) < 4.78 is 10.2. The van der Waals surface area contributed by atoms with E-state index in [0.29, 0.717) is 11.3 Å². The van der Waals surface area contributed by atoms with Gasteiger partial charge in [0.05, 0.1) is 25.7 Å². The molecule has 156 valence electrons. The number of methoxy groups -OCH3 is 2. The molecule has 0 saturated heterocycles. The van der Waals surface area contributed by atoms with E-state index >= 15 is 0 Å². The average Bonchev–Trinajstić information content (AvgIpc) is 2.74. The van der Waals surface area contributed by atoms with Gasteiger partial charge in [-0.25, -0.2) is 4.79 Å². The number of aryl methyl sites for hydroxylation is 2. The first kappa shape index (κ1) is 21.4. The second-order valence-corrected chi connectivity index (χ2v) is 7.59. The van der Waals surface area contributed by atoms with Crippen molar-refractivity contribution in [3.8, 4) is 0 Å². The van der Waals surface area contributed by atoms with Gasteiger partial charge in [0.25, 0.3) is 0 Å². The van der Waals surface area contributed by atoms with Crippen LogP contribution in [0.2, 0.25) is 0 Å². The molecule has 0 aliphatic heterocycles. The van der Waals surface area contributed by atoms with E-state index in [1.165, 1.54) is 14.2 Å². The highest BCUT2D eigenvalue weighted by atomic mass is 16.5. The van der Waals surface area contributed by atoms with E-state index in [0.717, 1.165) is 28.0 Å². The highest BCUT2D eigenvalue weighted by Gasteiger charge is 2.41. The van der Waals surface area contributed by atoms with E-state index in [2.05, 4.69) is 5.32 Å². The van der Waals surface area contributed by atoms with Crippen molar-refractivity contribution < 1.29 is 19.1 Å². The van der Waals surface area contributed by atoms with Crippen LogP contribution in [0.5, 0.6) is 0 Å². The SMILES string of the molecule is COC(=O)C1=C(Nc2ccc(C)cc2)C=C(C)[C@@H](C(=O)OC)[C@H]1c1ccc(C)cc1. The number of ether oxygens (including phenoxy) is 2. The zero-order valence-electron chi connectivity index (χ0n) is 18.0. The number of rotatable bonds is 5. The van der Waals surface area contributed by atoms with Gasteiger partial charge in [0.15, 0.2) is 0 Å². The minimum Gasteiger partial charge on any atom is -0.469 e. The lowest BCUT2D eigenvalue weighted by Crippen LogP contribution is -2.33. The molecule has 1 aliphatic rings. The minimum absolute atomic E-state index is 0.384. The van der Waals surface area contributed by atoms with E-state index in [-0.39, 0.29) is 5.97 Å². The predicted molar refractivity (Wildman–Crippen MR) is 117 cm³/mol. The highest BCUT2D eigenvalue weighted by Crippen LogP contribution is 2.43. The Morgan fingerprint density at radius 3 is 1.93 bits per heavy atom. The number of benzene rings is 2. The molecule has 1 N–H and O–H groups in total. The summed E-state index contributed by atoms with van der Waals surface area (Å²) in [6.07, 6.45) is 1.83. The van der Waals surface area contributed by atoms with Crippen molar-refractivity contribution in [2.75, 3.05) is 19.5 Å². The molecule has 3 rings (SSSR count). The number of carbonyl (C=O) groups is 2. The molecule has 0 saturated carbocycles. The largest absolute Gasteiger partial charge is 0.469 e. The lowest BCUT2D eigenvalue weighted by atomic mass is 9.72. The Balaban J connectivity index is 2.19. The number of hydrogen-bond donors (Lipinski definition) is 1. The van der Waals surface area contributed by atoms with Gasteiger partial charge >= 0.3 is 11.9 Å². The summed E-state index contributed by atoms with van der Waals surface area (Å²) in [4.78, 5) is 25.7. The molecule has 5 nitrogen and oxygen atoms in total. The first-order valence-electron chi connectivity index (χ1n) is 9.84. The molecule has 0 heterocycles. The molecule has 0 aromatic heterocycles. The van der Waals surface area contributed by atoms with Gasteiger partial charge in [0.2, 0.25) is 0 Å². The van der Waals surface area contributed by atoms with E-state index < -0.39 is 17.8 Å². The molecular weight excluding hydrogens is 378 g/mol. The van der Waals surface area contributed by atoms with Crippen molar-refractivity contribution in [1.29, 1.82) is 0 Å². The van der Waals surface area contributed by atoms with Crippen LogP contribution in [0.4, 0.5) is 5.69 Å². The molecule has 0 bridgehead atoms. The summed E-state index contributed by atoms with van der Waals surface area (Å²) >= 11 is 0. The van der Waals surface area contributed by atoms with Crippen LogP contribution in [-0.4, -0.2) is 26.2 Å². The normalized spacial score (nSPS) is 18.5. The van der Waals surface area contributed by atoms with Crippen molar-refractivity contribution in [3.63, 3.8) is 0 Å². The molecule has 30 heavy (non-hydrogen) atoms. The Hall–Kier alpha value is -3.34. The standard InChI is InChI=1S/C25H27NO4/c1-15-6-10-18(11-7-15)22-21(24(27)29-4)17(3)14-20(23(22)25(28)30-5)26-19-12-8-16(2)9-13-19/h6-14,21-22,26H,1-5H3/t21-,22-/m1/s1. The third-order valence-electron chi connectivity index (χ3n) is 5.42. The fourth-order valence-electron chi connectivity index (χ4n) is 3.82. The van der Waals surface area contributed by atoms with Gasteiger partial charge in [-0.3, -0.25) is 4.79 Å². The van der Waals surface area contributed by atoms with Crippen LogP contribution in [0.15, 0.2) is 71.5 Å². The molecule has 0 spiro atoms. The summed E-state index contributed by atoms with van der Waals surface area (Å²) in [5.74, 6) is -2.00. The molecule has 2 atom stereocenters. The molecule has 2 aromatic carbocycles. The summed E-state index contributed by atoms with van der Waals surface area (Å²) in [6.45, 7) is 5.89. The van der Waals surface area contributed by atoms with Crippen LogP contribution in [0, 0.1) is 19.8 Å². The maximum atomic E-state index is 12.9. The van der Waals surface area contributed by atoms with Gasteiger partial charge in [0.1, 0.15) is 0 Å². The maximum Gasteiger partial charge on any atom is 0.336 e. The molecule has 2 aromatic rings. The summed E-state index contributed by atoms with van der Waals surface area (Å²) in [5.41, 5.74) is 5.78. The summed E-state index contributed by atoms with van der Waals surface area (Å²) in [7, 11) is 2.72. The van der Waals surface area contributed by atoms with Crippen molar-refractivity contribution in [3.05, 3.63) is 88.1 Å². The lowest BCUT2D eigenvalue weighted by Gasteiger charge is -2.33. The fraction of sp³-hybridized carbons (Fsp3) is 0.280. The van der Waals surface area contributed by atoms with Gasteiger partial charge < -0.3 is 14.8 Å². The third-order valence-corrected chi connectivity index (χ3v) is 5.42. The molecule has 0 fully saturated rings. The monoisotopic (exact) mass is 405 g/mol. The number of anilines is 1. The Morgan fingerprint density at radius 1 is 0.833 bits per heavy atom. The number of allylic oxidation sites excluding steroid dienone is 1. The molecule has 0 amide bonds. The lowest BCUT2D eigenvalue weighted by molar-refractivity contribution is -0.144. The van der Waals surface area contributed by atoms with Crippen LogP contribution in [0.25, 0.3) is 0 Å². The van der Waals surface area contributed by atoms with E-state index in [9.17, 15) is 9.59 Å². The van der Waals surface area contributed by atoms with Crippen molar-refractivity contribution in [2.45, 2.75) is 26.7 Å². The molecular formula is C25H27NO4. The topological polar surface area (TPSA) is 64.6 Å². The van der Waals surface area contributed by atoms with Crippen LogP contribution in [-0.2, 0) is 19.1 Å². The zero-order chi connectivity index (χ0) is 21.8. The van der Waals surface area contributed by atoms with Crippen molar-refractivity contribution >= 4 is 17.6 Å². The number of carbonyl (C=O) groups excluding carboxylic acids is 2. The van der Waals surface area contributed by atoms with Crippen molar-refractivity contribution in [1.82, 2.24) is 0 Å². The van der Waals surface area contributed by atoms with E-state index in [1.54, 1.807) is 0 Å². The molecule has 0 unspecified atom stereocenters. The fourth-order valence-corrected chi connectivity index (χ4v) is 3.82. The zero-order valence-corrected chi connectivity index (χ0v) is 18.0. The van der Waals surface area contributed by atoms with Gasteiger partial charge in [-0.1, -0.05) is 53.1 Å². The molecule has 1 aliphatic carbocycles. The maximum absolute atomic E-state index is 12.9. The van der Waals surface area contributed by atoms with Crippen LogP contribution in [0.1, 0.15) is 29.5 Å². The molecule has 5 heteroatoms. The van der Waals surface area contributed by atoms with Gasteiger partial charge in [-0.05, 0) is 44.5 Å².